The summed E-state index contributed by atoms with van der Waals surface area (Å²) in [4.78, 5) is 6.34. The number of likely N-dealkylation sites (tertiary alicyclic amines) is 1. The molecule has 3 nitrogen and oxygen atoms in total. The molecule has 1 atom stereocenters. The molecule has 0 radical (unpaired) electrons. The normalized spacial score (nSPS) is 19.3. The Balaban J connectivity index is 1.84. The lowest BCUT2D eigenvalue weighted by molar-refractivity contribution is 0.195. The van der Waals surface area contributed by atoms with E-state index in [4.69, 9.17) is 5.11 Å². The Morgan fingerprint density at radius 2 is 2.40 bits per heavy atom. The summed E-state index contributed by atoms with van der Waals surface area (Å²) in [6.45, 7) is 6.74. The predicted molar refractivity (Wildman–Crippen MR) is 84.9 cm³/mol. The van der Waals surface area contributed by atoms with Crippen LogP contribution in [0.4, 0.5) is 0 Å². The van der Waals surface area contributed by atoms with Crippen LogP contribution in [0.5, 0.6) is 0 Å². The second kappa shape index (κ2) is 7.80. The zero-order valence-electron chi connectivity index (χ0n) is 12.4. The molecule has 0 aromatic carbocycles. The first-order chi connectivity index (χ1) is 9.72. The van der Waals surface area contributed by atoms with Gasteiger partial charge in [-0.2, -0.15) is 0 Å². The highest BCUT2D eigenvalue weighted by Crippen LogP contribution is 2.20. The highest BCUT2D eigenvalue weighted by molar-refractivity contribution is 7.10. The average Bonchev–Trinajstić information content (AvgIpc) is 3.05. The lowest BCUT2D eigenvalue weighted by Crippen LogP contribution is -2.38. The maximum absolute atomic E-state index is 8.70. The highest BCUT2D eigenvalue weighted by Gasteiger charge is 2.23. The van der Waals surface area contributed by atoms with E-state index in [1.165, 1.54) is 30.8 Å². The molecule has 0 aliphatic carbocycles. The van der Waals surface area contributed by atoms with Crippen LogP contribution in [0, 0.1) is 11.8 Å². The van der Waals surface area contributed by atoms with Crippen LogP contribution >= 0.6 is 11.3 Å². The third-order valence-electron chi connectivity index (χ3n) is 3.82. The molecule has 20 heavy (non-hydrogen) atoms. The fourth-order valence-corrected chi connectivity index (χ4v) is 3.77. The van der Waals surface area contributed by atoms with Crippen LogP contribution < -0.4 is 0 Å². The SMILES string of the molecule is CCN1CCCC1CN(C)Cc1cc(C#CCO)cs1. The molecule has 2 rings (SSSR count). The number of likely N-dealkylation sites (N-methyl/N-ethyl adjacent to an activating group) is 2. The van der Waals surface area contributed by atoms with E-state index in [-0.39, 0.29) is 6.61 Å². The van der Waals surface area contributed by atoms with Crippen LogP contribution in [0.2, 0.25) is 0 Å². The van der Waals surface area contributed by atoms with Crippen molar-refractivity contribution in [3.8, 4) is 11.8 Å². The van der Waals surface area contributed by atoms with Crippen molar-refractivity contribution in [1.82, 2.24) is 9.80 Å². The van der Waals surface area contributed by atoms with E-state index in [2.05, 4.69) is 47.1 Å². The highest BCUT2D eigenvalue weighted by atomic mass is 32.1. The molecule has 0 bridgehead atoms. The Morgan fingerprint density at radius 1 is 1.55 bits per heavy atom. The van der Waals surface area contributed by atoms with E-state index in [1.54, 1.807) is 11.3 Å². The third kappa shape index (κ3) is 4.32. The molecule has 2 heterocycles. The summed E-state index contributed by atoms with van der Waals surface area (Å²) >= 11 is 1.75. The van der Waals surface area contributed by atoms with Gasteiger partial charge in [-0.25, -0.2) is 0 Å². The first kappa shape index (κ1) is 15.5. The molecular formula is C16H24N2OS. The summed E-state index contributed by atoms with van der Waals surface area (Å²) in [6.07, 6.45) is 2.67. The first-order valence-electron chi connectivity index (χ1n) is 7.32. The second-order valence-electron chi connectivity index (χ2n) is 5.38. The number of nitrogens with zero attached hydrogens (tertiary/aromatic N) is 2. The molecule has 1 aliphatic heterocycles. The van der Waals surface area contributed by atoms with E-state index in [0.29, 0.717) is 0 Å². The number of rotatable bonds is 5. The van der Waals surface area contributed by atoms with E-state index in [1.807, 2.05) is 0 Å². The molecule has 110 valence electrons. The van der Waals surface area contributed by atoms with Gasteiger partial charge in [-0.3, -0.25) is 9.80 Å². The zero-order chi connectivity index (χ0) is 14.4. The average molecular weight is 292 g/mol. The summed E-state index contributed by atoms with van der Waals surface area (Å²) in [5.74, 6) is 5.66. The smallest absolute Gasteiger partial charge is 0.104 e. The van der Waals surface area contributed by atoms with Crippen molar-refractivity contribution in [2.75, 3.05) is 33.3 Å². The quantitative estimate of drug-likeness (QED) is 0.841. The van der Waals surface area contributed by atoms with Crippen LogP contribution in [0.1, 0.15) is 30.2 Å². The van der Waals surface area contributed by atoms with E-state index >= 15 is 0 Å². The molecule has 0 saturated carbocycles. The molecular weight excluding hydrogens is 268 g/mol. The first-order valence-corrected chi connectivity index (χ1v) is 8.20. The molecule has 0 amide bonds. The van der Waals surface area contributed by atoms with Gasteiger partial charge in [-0.15, -0.1) is 11.3 Å². The van der Waals surface area contributed by atoms with Gasteiger partial charge in [-0.1, -0.05) is 18.8 Å². The van der Waals surface area contributed by atoms with Gasteiger partial charge >= 0.3 is 0 Å². The van der Waals surface area contributed by atoms with E-state index in [9.17, 15) is 0 Å². The largest absolute Gasteiger partial charge is 0.384 e. The van der Waals surface area contributed by atoms with Crippen LogP contribution in [-0.4, -0.2) is 54.2 Å². The Hall–Kier alpha value is -0.860. The van der Waals surface area contributed by atoms with Gasteiger partial charge in [0, 0.05) is 35.0 Å². The van der Waals surface area contributed by atoms with Crippen molar-refractivity contribution in [3.05, 3.63) is 21.9 Å². The monoisotopic (exact) mass is 292 g/mol. The molecule has 1 unspecified atom stereocenters. The standard InChI is InChI=1S/C16H24N2OS/c1-3-18-8-4-7-15(18)11-17(2)12-16-10-14(13-20-16)6-5-9-19/h10,13,15,19H,3-4,7-9,11-12H2,1-2H3. The summed E-state index contributed by atoms with van der Waals surface area (Å²) in [5.41, 5.74) is 1.02. The topological polar surface area (TPSA) is 26.7 Å². The van der Waals surface area contributed by atoms with Crippen LogP contribution in [-0.2, 0) is 6.54 Å². The lowest BCUT2D eigenvalue weighted by Gasteiger charge is -2.27. The lowest BCUT2D eigenvalue weighted by atomic mass is 10.2. The molecule has 1 N–H and O–H groups in total. The minimum atomic E-state index is -0.0698. The minimum Gasteiger partial charge on any atom is -0.384 e. The summed E-state index contributed by atoms with van der Waals surface area (Å²) < 4.78 is 0. The van der Waals surface area contributed by atoms with E-state index < -0.39 is 0 Å². The summed E-state index contributed by atoms with van der Waals surface area (Å²) in [6, 6.07) is 2.86. The maximum atomic E-state index is 8.70. The maximum Gasteiger partial charge on any atom is 0.104 e. The number of hydrogen-bond acceptors (Lipinski definition) is 4. The molecule has 1 aliphatic rings. The Kier molecular flexibility index (Phi) is 6.06. The zero-order valence-corrected chi connectivity index (χ0v) is 13.2. The van der Waals surface area contributed by atoms with Gasteiger partial charge in [0.05, 0.1) is 0 Å². The van der Waals surface area contributed by atoms with E-state index in [0.717, 1.165) is 24.7 Å². The van der Waals surface area contributed by atoms with Crippen molar-refractivity contribution in [1.29, 1.82) is 0 Å². The number of aliphatic hydroxyl groups excluding tert-OH is 1. The second-order valence-corrected chi connectivity index (χ2v) is 6.38. The Morgan fingerprint density at radius 3 is 3.15 bits per heavy atom. The van der Waals surface area contributed by atoms with Gasteiger partial charge in [0.2, 0.25) is 0 Å². The fourth-order valence-electron chi connectivity index (χ4n) is 2.88. The van der Waals surface area contributed by atoms with Gasteiger partial charge in [0.1, 0.15) is 6.61 Å². The minimum absolute atomic E-state index is 0.0698. The molecule has 1 aromatic rings. The van der Waals surface area contributed by atoms with Gasteiger partial charge in [0.25, 0.3) is 0 Å². The van der Waals surface area contributed by atoms with Crippen molar-refractivity contribution < 1.29 is 5.11 Å². The van der Waals surface area contributed by atoms with Crippen LogP contribution in [0.3, 0.4) is 0 Å². The number of hydrogen-bond donors (Lipinski definition) is 1. The van der Waals surface area contributed by atoms with Gasteiger partial charge < -0.3 is 5.11 Å². The number of aliphatic hydroxyl groups is 1. The van der Waals surface area contributed by atoms with Crippen LogP contribution in [0.15, 0.2) is 11.4 Å². The summed E-state index contributed by atoms with van der Waals surface area (Å²) in [7, 11) is 2.20. The number of thiophene rings is 1. The van der Waals surface area contributed by atoms with Crippen molar-refractivity contribution in [2.45, 2.75) is 32.4 Å². The summed E-state index contributed by atoms with van der Waals surface area (Å²) in [5, 5.41) is 10.8. The fraction of sp³-hybridized carbons (Fsp3) is 0.625. The van der Waals surface area contributed by atoms with Crippen LogP contribution in [0.25, 0.3) is 0 Å². The molecule has 1 saturated heterocycles. The Bertz CT molecular complexity index is 474. The third-order valence-corrected chi connectivity index (χ3v) is 4.74. The Labute approximate surface area is 126 Å². The van der Waals surface area contributed by atoms with Crippen molar-refractivity contribution in [2.24, 2.45) is 0 Å². The van der Waals surface area contributed by atoms with Gasteiger partial charge in [-0.05, 0) is 39.0 Å². The van der Waals surface area contributed by atoms with Crippen molar-refractivity contribution >= 4 is 11.3 Å². The molecule has 1 aromatic heterocycles. The molecule has 4 heteroatoms. The molecule has 0 spiro atoms. The van der Waals surface area contributed by atoms with Crippen molar-refractivity contribution in [3.63, 3.8) is 0 Å². The predicted octanol–water partition coefficient (Wildman–Crippen LogP) is 2.01. The molecule has 1 fully saturated rings. The van der Waals surface area contributed by atoms with Gasteiger partial charge in [0.15, 0.2) is 0 Å².